The first-order valence-electron chi connectivity index (χ1n) is 9.88. The molecule has 0 unspecified atom stereocenters. The smallest absolute Gasteiger partial charge is 0.227 e. The van der Waals surface area contributed by atoms with Gasteiger partial charge in [0.2, 0.25) is 5.91 Å². The van der Waals surface area contributed by atoms with Gasteiger partial charge < -0.3 is 14.4 Å². The molecule has 0 fully saturated rings. The maximum atomic E-state index is 14.8. The number of halogens is 1. The molecule has 156 valence electrons. The van der Waals surface area contributed by atoms with Gasteiger partial charge >= 0.3 is 0 Å². The lowest BCUT2D eigenvalue weighted by Crippen LogP contribution is -2.31. The summed E-state index contributed by atoms with van der Waals surface area (Å²) >= 11 is 0. The Morgan fingerprint density at radius 1 is 1.17 bits per heavy atom. The largest absolute Gasteiger partial charge is 0.486 e. The lowest BCUT2D eigenvalue weighted by molar-refractivity contribution is -0.118. The highest BCUT2D eigenvalue weighted by Crippen LogP contribution is 2.33. The van der Waals surface area contributed by atoms with Gasteiger partial charge in [0.25, 0.3) is 0 Å². The molecule has 0 spiro atoms. The van der Waals surface area contributed by atoms with Crippen molar-refractivity contribution in [2.45, 2.75) is 32.7 Å². The van der Waals surface area contributed by atoms with Gasteiger partial charge in [-0.05, 0) is 52.7 Å². The predicted octanol–water partition coefficient (Wildman–Crippen LogP) is 3.50. The molecule has 1 aliphatic heterocycles. The van der Waals surface area contributed by atoms with E-state index in [1.54, 1.807) is 12.1 Å². The molecule has 0 bridgehead atoms. The summed E-state index contributed by atoms with van der Waals surface area (Å²) in [6.45, 7) is 3.19. The van der Waals surface area contributed by atoms with Gasteiger partial charge in [-0.1, -0.05) is 19.4 Å². The summed E-state index contributed by atoms with van der Waals surface area (Å²) in [5.41, 5.74) is 1.59. The van der Waals surface area contributed by atoms with Crippen molar-refractivity contribution in [1.82, 2.24) is 20.6 Å². The van der Waals surface area contributed by atoms with Crippen LogP contribution in [-0.4, -0.2) is 39.7 Å². The minimum atomic E-state index is -0.492. The van der Waals surface area contributed by atoms with Gasteiger partial charge in [-0.3, -0.25) is 4.79 Å². The van der Waals surface area contributed by atoms with Gasteiger partial charge in [0, 0.05) is 12.0 Å². The molecule has 0 atom stereocenters. The van der Waals surface area contributed by atoms with Gasteiger partial charge in [-0.15, -0.1) is 5.10 Å². The lowest BCUT2D eigenvalue weighted by Gasteiger charge is -2.25. The summed E-state index contributed by atoms with van der Waals surface area (Å²) in [7, 11) is 0. The van der Waals surface area contributed by atoms with E-state index in [1.807, 2.05) is 25.1 Å². The van der Waals surface area contributed by atoms with Crippen molar-refractivity contribution in [2.75, 3.05) is 18.1 Å². The minimum absolute atomic E-state index is 0.154. The molecule has 2 aromatic carbocycles. The molecule has 30 heavy (non-hydrogen) atoms. The quantitative estimate of drug-likeness (QED) is 0.640. The number of hydrogen-bond acceptors (Lipinski definition) is 6. The van der Waals surface area contributed by atoms with Crippen LogP contribution in [0, 0.1) is 5.82 Å². The third kappa shape index (κ3) is 4.24. The van der Waals surface area contributed by atoms with Crippen LogP contribution in [0.15, 0.2) is 36.4 Å². The number of hydrogen-bond donors (Lipinski definition) is 1. The number of aromatic nitrogens is 4. The highest BCUT2D eigenvalue weighted by Gasteiger charge is 2.22. The highest BCUT2D eigenvalue weighted by atomic mass is 19.1. The molecule has 0 aliphatic carbocycles. The third-order valence-corrected chi connectivity index (χ3v) is 4.85. The molecular weight excluding hydrogens is 389 g/mol. The maximum Gasteiger partial charge on any atom is 0.227 e. The van der Waals surface area contributed by atoms with Gasteiger partial charge in [0.1, 0.15) is 19.0 Å². The molecule has 0 radical (unpaired) electrons. The van der Waals surface area contributed by atoms with Crippen LogP contribution in [0.3, 0.4) is 0 Å². The average molecular weight is 411 g/mol. The van der Waals surface area contributed by atoms with E-state index < -0.39 is 5.82 Å². The van der Waals surface area contributed by atoms with E-state index in [0.29, 0.717) is 42.5 Å². The molecule has 1 aromatic heterocycles. The van der Waals surface area contributed by atoms with Crippen LogP contribution in [0.4, 0.5) is 10.1 Å². The van der Waals surface area contributed by atoms with E-state index in [9.17, 15) is 9.18 Å². The number of rotatable bonds is 7. The zero-order valence-corrected chi connectivity index (χ0v) is 16.6. The second-order valence-corrected chi connectivity index (χ2v) is 6.98. The first-order chi connectivity index (χ1) is 14.7. The number of nitrogens with zero attached hydrogens (tertiary/aromatic N) is 4. The number of aromatic amines is 1. The van der Waals surface area contributed by atoms with E-state index in [-0.39, 0.29) is 18.1 Å². The first-order valence-corrected chi connectivity index (χ1v) is 9.88. The Morgan fingerprint density at radius 2 is 2.00 bits per heavy atom. The number of carbonyl (C=O) groups is 1. The fourth-order valence-corrected chi connectivity index (χ4v) is 3.29. The molecule has 1 N–H and O–H groups in total. The number of benzene rings is 2. The van der Waals surface area contributed by atoms with E-state index in [0.717, 1.165) is 18.4 Å². The van der Waals surface area contributed by atoms with E-state index in [1.165, 1.54) is 11.0 Å². The van der Waals surface area contributed by atoms with Crippen LogP contribution in [0.2, 0.25) is 0 Å². The first kappa shape index (κ1) is 19.8. The standard InChI is InChI=1S/C21H22FN5O3/c1-2-3-4-20(28)27(13-14-5-8-18-19(11-14)30-10-9-29-18)17-12-15(6-7-16(17)22)21-23-25-26-24-21/h5-8,11-12H,2-4,9-10,13H2,1H3,(H,23,24,25,26). The number of unbranched alkanes of at least 4 members (excludes halogenated alkanes) is 1. The second-order valence-electron chi connectivity index (χ2n) is 6.98. The van der Waals surface area contributed by atoms with Crippen molar-refractivity contribution >= 4 is 11.6 Å². The van der Waals surface area contributed by atoms with Gasteiger partial charge in [0.05, 0.1) is 12.2 Å². The summed E-state index contributed by atoms with van der Waals surface area (Å²) in [5, 5.41) is 13.6. The molecule has 3 aromatic rings. The molecule has 8 nitrogen and oxygen atoms in total. The zero-order chi connectivity index (χ0) is 20.9. The molecule has 1 amide bonds. The molecule has 2 heterocycles. The third-order valence-electron chi connectivity index (χ3n) is 4.85. The lowest BCUT2D eigenvalue weighted by atomic mass is 10.1. The molecule has 0 saturated heterocycles. The Morgan fingerprint density at radius 3 is 2.77 bits per heavy atom. The summed E-state index contributed by atoms with van der Waals surface area (Å²) in [6.07, 6.45) is 1.92. The van der Waals surface area contributed by atoms with Crippen LogP contribution in [0.1, 0.15) is 31.7 Å². The number of tetrazole rings is 1. The van der Waals surface area contributed by atoms with Crippen LogP contribution in [0.25, 0.3) is 11.4 Å². The van der Waals surface area contributed by atoms with Crippen molar-refractivity contribution in [3.05, 3.63) is 47.8 Å². The maximum absolute atomic E-state index is 14.8. The highest BCUT2D eigenvalue weighted by molar-refractivity contribution is 5.94. The zero-order valence-electron chi connectivity index (χ0n) is 16.6. The van der Waals surface area contributed by atoms with Crippen molar-refractivity contribution in [3.8, 4) is 22.9 Å². The number of carbonyl (C=O) groups excluding carboxylic acids is 1. The monoisotopic (exact) mass is 411 g/mol. The van der Waals surface area contributed by atoms with Crippen LogP contribution in [0.5, 0.6) is 11.5 Å². The molecule has 9 heteroatoms. The summed E-state index contributed by atoms with van der Waals surface area (Å²) in [4.78, 5) is 14.5. The SMILES string of the molecule is CCCCC(=O)N(Cc1ccc2c(c1)OCCO2)c1cc(-c2nnn[nH]2)ccc1F. The molecule has 1 aliphatic rings. The van der Waals surface area contributed by atoms with Crippen LogP contribution >= 0.6 is 0 Å². The average Bonchev–Trinajstić information content (AvgIpc) is 3.31. The number of H-pyrrole nitrogens is 1. The minimum Gasteiger partial charge on any atom is -0.486 e. The predicted molar refractivity (Wildman–Crippen MR) is 108 cm³/mol. The Bertz CT molecular complexity index is 1030. The summed E-state index contributed by atoms with van der Waals surface area (Å²) in [6, 6.07) is 9.97. The second kappa shape index (κ2) is 8.89. The normalized spacial score (nSPS) is 12.6. The Balaban J connectivity index is 1.68. The van der Waals surface area contributed by atoms with E-state index in [2.05, 4.69) is 20.6 Å². The molecule has 4 rings (SSSR count). The van der Waals surface area contributed by atoms with Gasteiger partial charge in [-0.2, -0.15) is 0 Å². The molecular formula is C21H22FN5O3. The van der Waals surface area contributed by atoms with Crippen LogP contribution < -0.4 is 14.4 Å². The Kier molecular flexibility index (Phi) is 5.87. The Labute approximate surface area is 173 Å². The van der Waals surface area contributed by atoms with Crippen molar-refractivity contribution < 1.29 is 18.7 Å². The number of amides is 1. The van der Waals surface area contributed by atoms with Gasteiger partial charge in [0.15, 0.2) is 17.3 Å². The van der Waals surface area contributed by atoms with Crippen LogP contribution in [-0.2, 0) is 11.3 Å². The summed E-state index contributed by atoms with van der Waals surface area (Å²) < 4.78 is 26.0. The Hall–Kier alpha value is -3.49. The number of nitrogens with one attached hydrogen (secondary N) is 1. The van der Waals surface area contributed by atoms with Crippen molar-refractivity contribution in [3.63, 3.8) is 0 Å². The summed E-state index contributed by atoms with van der Waals surface area (Å²) in [5.74, 6) is 1.05. The van der Waals surface area contributed by atoms with Crippen molar-refractivity contribution in [2.24, 2.45) is 0 Å². The van der Waals surface area contributed by atoms with Crippen molar-refractivity contribution in [1.29, 1.82) is 0 Å². The number of ether oxygens (including phenoxy) is 2. The van der Waals surface area contributed by atoms with E-state index >= 15 is 0 Å². The molecule has 0 saturated carbocycles. The fraction of sp³-hybridized carbons (Fsp3) is 0.333. The fourth-order valence-electron chi connectivity index (χ4n) is 3.29. The number of anilines is 1. The topological polar surface area (TPSA) is 93.2 Å². The number of fused-ring (bicyclic) bond motifs is 1. The van der Waals surface area contributed by atoms with Gasteiger partial charge in [-0.25, -0.2) is 9.49 Å². The van der Waals surface area contributed by atoms with E-state index in [4.69, 9.17) is 9.47 Å².